The van der Waals surface area contributed by atoms with Gasteiger partial charge in [-0.2, -0.15) is 0 Å². The second-order valence-electron chi connectivity index (χ2n) is 3.27. The molecule has 0 atom stereocenters. The first-order valence-corrected chi connectivity index (χ1v) is 6.00. The number of halogens is 2. The highest BCUT2D eigenvalue weighted by molar-refractivity contribution is 14.1. The average molecular weight is 341 g/mol. The summed E-state index contributed by atoms with van der Waals surface area (Å²) in [6.07, 6.45) is 0. The predicted octanol–water partition coefficient (Wildman–Crippen LogP) is 4.54. The highest BCUT2D eigenvalue weighted by Crippen LogP contribution is 2.20. The molecule has 0 aliphatic carbocycles. The number of anilines is 1. The van der Waals surface area contributed by atoms with E-state index in [0.717, 1.165) is 9.26 Å². The fourth-order valence-corrected chi connectivity index (χ4v) is 1.72. The summed E-state index contributed by atoms with van der Waals surface area (Å²) in [5, 5.41) is 7.83. The topological polar surface area (TPSA) is 36.8 Å². The molecule has 0 aromatic heterocycles. The number of hydrogen-bond acceptors (Lipinski definition) is 2. The van der Waals surface area contributed by atoms with Gasteiger partial charge in [-0.1, -0.05) is 23.4 Å². The van der Waals surface area contributed by atoms with Gasteiger partial charge in [-0.25, -0.2) is 4.39 Å². The van der Waals surface area contributed by atoms with E-state index in [4.69, 9.17) is 0 Å². The highest BCUT2D eigenvalue weighted by Gasteiger charge is 1.95. The molecule has 0 spiro atoms. The lowest BCUT2D eigenvalue weighted by Crippen LogP contribution is -1.87. The van der Waals surface area contributed by atoms with Crippen molar-refractivity contribution in [2.45, 2.75) is 0 Å². The van der Waals surface area contributed by atoms with E-state index in [-0.39, 0.29) is 5.82 Å². The Balaban J connectivity index is 2.06. The van der Waals surface area contributed by atoms with Crippen molar-refractivity contribution in [3.63, 3.8) is 0 Å². The number of nitrogens with one attached hydrogen (secondary N) is 1. The number of benzene rings is 2. The first kappa shape index (κ1) is 12.0. The first-order valence-electron chi connectivity index (χ1n) is 4.92. The minimum absolute atomic E-state index is 0.306. The summed E-state index contributed by atoms with van der Waals surface area (Å²) in [7, 11) is 0. The SMILES string of the molecule is Fc1cccc(NN=Nc2ccccc2I)c1. The van der Waals surface area contributed by atoms with Crippen molar-refractivity contribution in [3.8, 4) is 0 Å². The zero-order valence-electron chi connectivity index (χ0n) is 8.77. The summed E-state index contributed by atoms with van der Waals surface area (Å²) in [4.78, 5) is 0. The van der Waals surface area contributed by atoms with E-state index in [9.17, 15) is 4.39 Å². The van der Waals surface area contributed by atoms with Gasteiger partial charge in [0.25, 0.3) is 0 Å². The van der Waals surface area contributed by atoms with Gasteiger partial charge in [0, 0.05) is 3.57 Å². The van der Waals surface area contributed by atoms with Crippen molar-refractivity contribution >= 4 is 34.0 Å². The maximum atomic E-state index is 12.9. The van der Waals surface area contributed by atoms with E-state index in [1.165, 1.54) is 12.1 Å². The van der Waals surface area contributed by atoms with Gasteiger partial charge >= 0.3 is 0 Å². The molecular weight excluding hydrogens is 332 g/mol. The van der Waals surface area contributed by atoms with E-state index < -0.39 is 0 Å². The van der Waals surface area contributed by atoms with Crippen LogP contribution in [0.25, 0.3) is 0 Å². The molecule has 0 saturated heterocycles. The summed E-state index contributed by atoms with van der Waals surface area (Å²) in [5.41, 5.74) is 4.02. The summed E-state index contributed by atoms with van der Waals surface area (Å²) in [6, 6.07) is 13.7. The Morgan fingerprint density at radius 2 is 1.88 bits per heavy atom. The van der Waals surface area contributed by atoms with Crippen LogP contribution in [0.1, 0.15) is 0 Å². The maximum absolute atomic E-state index is 12.9. The molecule has 0 radical (unpaired) electrons. The van der Waals surface area contributed by atoms with Crippen LogP contribution in [0.2, 0.25) is 0 Å². The van der Waals surface area contributed by atoms with Crippen molar-refractivity contribution < 1.29 is 4.39 Å². The van der Waals surface area contributed by atoms with Crippen LogP contribution < -0.4 is 5.43 Å². The third-order valence-corrected chi connectivity index (χ3v) is 2.93. The quantitative estimate of drug-likeness (QED) is 0.497. The molecule has 0 unspecified atom stereocenters. The van der Waals surface area contributed by atoms with Gasteiger partial charge in [0.1, 0.15) is 11.5 Å². The van der Waals surface area contributed by atoms with E-state index in [2.05, 4.69) is 38.4 Å². The predicted molar refractivity (Wildman–Crippen MR) is 73.7 cm³/mol. The van der Waals surface area contributed by atoms with E-state index in [1.54, 1.807) is 12.1 Å². The molecule has 0 aliphatic heterocycles. The van der Waals surface area contributed by atoms with Crippen LogP contribution in [-0.4, -0.2) is 0 Å². The number of hydrogen-bond donors (Lipinski definition) is 1. The van der Waals surface area contributed by atoms with Crippen LogP contribution in [-0.2, 0) is 0 Å². The normalized spacial score (nSPS) is 10.7. The Hall–Kier alpha value is -1.50. The van der Waals surface area contributed by atoms with E-state index in [0.29, 0.717) is 5.69 Å². The Kier molecular flexibility index (Phi) is 4.03. The van der Waals surface area contributed by atoms with Crippen LogP contribution in [0.3, 0.4) is 0 Å². The van der Waals surface area contributed by atoms with Crippen molar-refractivity contribution in [2.75, 3.05) is 5.43 Å². The molecule has 0 amide bonds. The van der Waals surface area contributed by atoms with Crippen molar-refractivity contribution in [1.29, 1.82) is 0 Å². The van der Waals surface area contributed by atoms with Gasteiger partial charge in [0.05, 0.1) is 5.69 Å². The minimum atomic E-state index is -0.306. The van der Waals surface area contributed by atoms with Crippen molar-refractivity contribution in [1.82, 2.24) is 0 Å². The lowest BCUT2D eigenvalue weighted by molar-refractivity contribution is 0.628. The standard InChI is InChI=1S/C12H9FIN3/c13-9-4-3-5-10(8-9)15-17-16-12-7-2-1-6-11(12)14/h1-8H,(H,15,16). The molecule has 0 saturated carbocycles. The molecule has 0 fully saturated rings. The third kappa shape index (κ3) is 3.48. The molecule has 2 rings (SSSR count). The second kappa shape index (κ2) is 5.72. The maximum Gasteiger partial charge on any atom is 0.125 e. The lowest BCUT2D eigenvalue weighted by Gasteiger charge is -1.99. The van der Waals surface area contributed by atoms with Crippen LogP contribution in [0.15, 0.2) is 58.9 Å². The zero-order chi connectivity index (χ0) is 12.1. The molecule has 1 N–H and O–H groups in total. The van der Waals surface area contributed by atoms with Gasteiger partial charge < -0.3 is 0 Å². The minimum Gasteiger partial charge on any atom is -0.260 e. The Bertz CT molecular complexity index is 543. The zero-order valence-corrected chi connectivity index (χ0v) is 10.9. The second-order valence-corrected chi connectivity index (χ2v) is 4.44. The fourth-order valence-electron chi connectivity index (χ4n) is 1.23. The number of nitrogens with zero attached hydrogens (tertiary/aromatic N) is 2. The van der Waals surface area contributed by atoms with Crippen LogP contribution >= 0.6 is 22.6 Å². The first-order chi connectivity index (χ1) is 8.25. The monoisotopic (exact) mass is 341 g/mol. The summed E-state index contributed by atoms with van der Waals surface area (Å²) >= 11 is 2.18. The molecule has 5 heteroatoms. The highest BCUT2D eigenvalue weighted by atomic mass is 127. The van der Waals surface area contributed by atoms with Gasteiger partial charge in [0.15, 0.2) is 0 Å². The summed E-state index contributed by atoms with van der Waals surface area (Å²) < 4.78 is 13.9. The molecule has 86 valence electrons. The number of rotatable bonds is 3. The smallest absolute Gasteiger partial charge is 0.125 e. The molecule has 2 aromatic carbocycles. The van der Waals surface area contributed by atoms with Gasteiger partial charge in [-0.15, -0.1) is 5.11 Å². The molecule has 3 nitrogen and oxygen atoms in total. The Labute approximate surface area is 112 Å². The van der Waals surface area contributed by atoms with Crippen LogP contribution in [0.4, 0.5) is 15.8 Å². The van der Waals surface area contributed by atoms with Gasteiger partial charge in [0.2, 0.25) is 0 Å². The third-order valence-electron chi connectivity index (χ3n) is 2.01. The molecule has 2 aromatic rings. The molecule has 0 heterocycles. The molecule has 17 heavy (non-hydrogen) atoms. The summed E-state index contributed by atoms with van der Waals surface area (Å²) in [5.74, 6) is -0.306. The molecule has 0 aliphatic rings. The van der Waals surface area contributed by atoms with Crippen LogP contribution in [0, 0.1) is 9.39 Å². The van der Waals surface area contributed by atoms with Crippen LogP contribution in [0.5, 0.6) is 0 Å². The lowest BCUT2D eigenvalue weighted by atomic mass is 10.3. The van der Waals surface area contributed by atoms with Gasteiger partial charge in [-0.05, 0) is 52.9 Å². The van der Waals surface area contributed by atoms with Crippen molar-refractivity contribution in [2.24, 2.45) is 10.3 Å². The van der Waals surface area contributed by atoms with Gasteiger partial charge in [-0.3, -0.25) is 5.43 Å². The molecular formula is C12H9FIN3. The molecule has 0 bridgehead atoms. The Morgan fingerprint density at radius 1 is 1.06 bits per heavy atom. The summed E-state index contributed by atoms with van der Waals surface area (Å²) in [6.45, 7) is 0. The largest absolute Gasteiger partial charge is 0.260 e. The average Bonchev–Trinajstić information content (AvgIpc) is 2.32. The van der Waals surface area contributed by atoms with E-state index >= 15 is 0 Å². The fraction of sp³-hybridized carbons (Fsp3) is 0. The Morgan fingerprint density at radius 3 is 2.65 bits per heavy atom. The van der Waals surface area contributed by atoms with E-state index in [1.807, 2.05) is 24.3 Å². The van der Waals surface area contributed by atoms with Crippen molar-refractivity contribution in [3.05, 3.63) is 57.9 Å².